The minimum Gasteiger partial charge on any atom is -0.497 e. The van der Waals surface area contributed by atoms with Crippen molar-refractivity contribution in [3.8, 4) is 5.75 Å². The predicted octanol–water partition coefficient (Wildman–Crippen LogP) is 5.40. The van der Waals surface area contributed by atoms with E-state index in [0.717, 1.165) is 38.5 Å². The molecular weight excluding hydrogens is 442 g/mol. The van der Waals surface area contributed by atoms with Crippen LogP contribution in [-0.4, -0.2) is 42.1 Å². The molecule has 0 aromatic heterocycles. The van der Waals surface area contributed by atoms with Crippen LogP contribution in [0.1, 0.15) is 47.7 Å². The zero-order chi connectivity index (χ0) is 22.8. The van der Waals surface area contributed by atoms with Crippen LogP contribution in [0.15, 0.2) is 72.8 Å². The maximum absolute atomic E-state index is 5.60. The molecule has 2 aliphatic heterocycles. The lowest BCUT2D eigenvalue weighted by atomic mass is 9.91. The van der Waals surface area contributed by atoms with Gasteiger partial charge >= 0.3 is 0 Å². The number of hydrogen-bond acceptors (Lipinski definition) is 4. The summed E-state index contributed by atoms with van der Waals surface area (Å²) >= 11 is 0. The standard InChI is InChI=1S/C29H35N3O.ClH/c1-21-19-32(22(2)18-31(21)20-23-8-5-4-6-9-23)29(24-10-7-11-28(15-24)33-3)25-12-13-26-16-30-17-27(26)14-25;/h4-15,21-22,29-30H,16-20H2,1-3H3;1H/t21-,22+,29?;/m1./s1. The van der Waals surface area contributed by atoms with Gasteiger partial charge in [-0.25, -0.2) is 0 Å². The lowest BCUT2D eigenvalue weighted by molar-refractivity contribution is 0.0195. The van der Waals surface area contributed by atoms with E-state index in [-0.39, 0.29) is 18.4 Å². The lowest BCUT2D eigenvalue weighted by Crippen LogP contribution is -2.56. The van der Waals surface area contributed by atoms with E-state index in [0.29, 0.717) is 12.1 Å². The third-order valence-corrected chi connectivity index (χ3v) is 7.31. The second-order valence-corrected chi connectivity index (χ2v) is 9.62. The number of fused-ring (bicyclic) bond motifs is 1. The van der Waals surface area contributed by atoms with Crippen molar-refractivity contribution in [3.63, 3.8) is 0 Å². The van der Waals surface area contributed by atoms with Gasteiger partial charge in [-0.2, -0.15) is 0 Å². The molecule has 3 aromatic carbocycles. The maximum atomic E-state index is 5.60. The molecule has 3 aromatic rings. The summed E-state index contributed by atoms with van der Waals surface area (Å²) in [6.45, 7) is 9.79. The molecule has 1 saturated heterocycles. The summed E-state index contributed by atoms with van der Waals surface area (Å²) in [5.74, 6) is 0.920. The maximum Gasteiger partial charge on any atom is 0.119 e. The Morgan fingerprint density at radius 2 is 1.62 bits per heavy atom. The van der Waals surface area contributed by atoms with Gasteiger partial charge < -0.3 is 10.1 Å². The van der Waals surface area contributed by atoms with Gasteiger partial charge in [0.1, 0.15) is 5.75 Å². The fourth-order valence-electron chi connectivity index (χ4n) is 5.49. The number of ether oxygens (including phenoxy) is 1. The molecule has 2 aliphatic rings. The number of hydrogen-bond donors (Lipinski definition) is 1. The van der Waals surface area contributed by atoms with Crippen molar-refractivity contribution in [2.24, 2.45) is 0 Å². The van der Waals surface area contributed by atoms with Crippen LogP contribution in [0.4, 0.5) is 0 Å². The van der Waals surface area contributed by atoms with Crippen molar-refractivity contribution in [2.75, 3.05) is 20.2 Å². The Morgan fingerprint density at radius 1 is 0.853 bits per heavy atom. The smallest absolute Gasteiger partial charge is 0.119 e. The zero-order valence-electron chi connectivity index (χ0n) is 20.4. The molecule has 0 radical (unpaired) electrons. The number of nitrogens with zero attached hydrogens (tertiary/aromatic N) is 2. The number of methoxy groups -OCH3 is 1. The van der Waals surface area contributed by atoms with Gasteiger partial charge in [0.05, 0.1) is 13.2 Å². The van der Waals surface area contributed by atoms with E-state index in [9.17, 15) is 0 Å². The molecule has 0 saturated carbocycles. The molecule has 1 fully saturated rings. The predicted molar refractivity (Wildman–Crippen MR) is 142 cm³/mol. The highest BCUT2D eigenvalue weighted by molar-refractivity contribution is 5.85. The topological polar surface area (TPSA) is 27.7 Å². The van der Waals surface area contributed by atoms with Crippen LogP contribution in [0.25, 0.3) is 0 Å². The van der Waals surface area contributed by atoms with Crippen LogP contribution in [0.2, 0.25) is 0 Å². The molecular formula is C29H36ClN3O. The second kappa shape index (κ2) is 10.9. The Hall–Kier alpha value is -2.37. The molecule has 0 aliphatic carbocycles. The van der Waals surface area contributed by atoms with Crippen molar-refractivity contribution in [2.45, 2.75) is 51.6 Å². The van der Waals surface area contributed by atoms with Crippen LogP contribution in [0.5, 0.6) is 5.75 Å². The SMILES string of the molecule is COc1cccc(C(c2ccc3c(c2)CNC3)N2C[C@@H](C)N(Cc3ccccc3)C[C@@H]2C)c1.Cl. The van der Waals surface area contributed by atoms with Gasteiger partial charge in [0.25, 0.3) is 0 Å². The highest BCUT2D eigenvalue weighted by Crippen LogP contribution is 2.36. The van der Waals surface area contributed by atoms with E-state index < -0.39 is 0 Å². The highest BCUT2D eigenvalue weighted by atomic mass is 35.5. The summed E-state index contributed by atoms with van der Waals surface area (Å²) in [5.41, 5.74) is 6.93. The first-order valence-corrected chi connectivity index (χ1v) is 12.1. The second-order valence-electron chi connectivity index (χ2n) is 9.62. The summed E-state index contributed by atoms with van der Waals surface area (Å²) in [4.78, 5) is 5.33. The van der Waals surface area contributed by atoms with E-state index in [4.69, 9.17) is 4.74 Å². The van der Waals surface area contributed by atoms with Gasteiger partial charge in [-0.3, -0.25) is 9.80 Å². The molecule has 5 rings (SSSR count). The first-order chi connectivity index (χ1) is 16.1. The van der Waals surface area contributed by atoms with Crippen molar-refractivity contribution in [1.29, 1.82) is 0 Å². The third-order valence-electron chi connectivity index (χ3n) is 7.31. The number of benzene rings is 3. The largest absolute Gasteiger partial charge is 0.497 e. The van der Waals surface area contributed by atoms with Crippen molar-refractivity contribution < 1.29 is 4.74 Å². The van der Waals surface area contributed by atoms with Crippen molar-refractivity contribution >= 4 is 12.4 Å². The average Bonchev–Trinajstić information content (AvgIpc) is 3.31. The lowest BCUT2D eigenvalue weighted by Gasteiger charge is -2.48. The monoisotopic (exact) mass is 477 g/mol. The fraction of sp³-hybridized carbons (Fsp3) is 0.379. The quantitative estimate of drug-likeness (QED) is 0.514. The number of rotatable bonds is 6. The Morgan fingerprint density at radius 3 is 2.41 bits per heavy atom. The van der Waals surface area contributed by atoms with Crippen LogP contribution in [0, 0.1) is 0 Å². The number of nitrogens with one attached hydrogen (secondary N) is 1. The molecule has 4 nitrogen and oxygen atoms in total. The number of halogens is 1. The first-order valence-electron chi connectivity index (χ1n) is 12.1. The van der Waals surface area contributed by atoms with E-state index >= 15 is 0 Å². The van der Waals surface area contributed by atoms with E-state index in [1.807, 2.05) is 6.07 Å². The third kappa shape index (κ3) is 5.16. The van der Waals surface area contributed by atoms with E-state index in [1.165, 1.54) is 27.8 Å². The minimum absolute atomic E-state index is 0. The van der Waals surface area contributed by atoms with Crippen molar-refractivity contribution in [1.82, 2.24) is 15.1 Å². The fourth-order valence-corrected chi connectivity index (χ4v) is 5.49. The first kappa shape index (κ1) is 24.7. The van der Waals surface area contributed by atoms with Crippen LogP contribution < -0.4 is 10.1 Å². The molecule has 180 valence electrons. The summed E-state index contributed by atoms with van der Waals surface area (Å²) in [6.07, 6.45) is 0. The number of piperazine rings is 1. The Labute approximate surface area is 210 Å². The van der Waals surface area contributed by atoms with E-state index in [1.54, 1.807) is 7.11 Å². The van der Waals surface area contributed by atoms with Crippen LogP contribution in [-0.2, 0) is 19.6 Å². The molecule has 1 unspecified atom stereocenters. The molecule has 0 spiro atoms. The summed E-state index contributed by atoms with van der Waals surface area (Å²) in [5, 5.41) is 3.50. The Balaban J connectivity index is 0.00000274. The summed E-state index contributed by atoms with van der Waals surface area (Å²) in [6, 6.07) is 27.7. The van der Waals surface area contributed by atoms with Gasteiger partial charge in [0, 0.05) is 44.8 Å². The molecule has 0 bridgehead atoms. The molecule has 5 heteroatoms. The molecule has 34 heavy (non-hydrogen) atoms. The van der Waals surface area contributed by atoms with Crippen molar-refractivity contribution in [3.05, 3.63) is 101 Å². The van der Waals surface area contributed by atoms with Crippen LogP contribution >= 0.6 is 12.4 Å². The normalized spacial score (nSPS) is 21.5. The Bertz CT molecular complexity index is 1090. The average molecular weight is 478 g/mol. The van der Waals surface area contributed by atoms with Gasteiger partial charge in [-0.05, 0) is 53.8 Å². The van der Waals surface area contributed by atoms with Gasteiger partial charge in [-0.1, -0.05) is 60.7 Å². The summed E-state index contributed by atoms with van der Waals surface area (Å²) < 4.78 is 5.60. The molecule has 0 amide bonds. The molecule has 3 atom stereocenters. The van der Waals surface area contributed by atoms with Gasteiger partial charge in [0.15, 0.2) is 0 Å². The summed E-state index contributed by atoms with van der Waals surface area (Å²) in [7, 11) is 1.75. The highest BCUT2D eigenvalue weighted by Gasteiger charge is 2.35. The van der Waals surface area contributed by atoms with E-state index in [2.05, 4.69) is 95.7 Å². The van der Waals surface area contributed by atoms with Gasteiger partial charge in [-0.15, -0.1) is 12.4 Å². The Kier molecular flexibility index (Phi) is 7.95. The van der Waals surface area contributed by atoms with Gasteiger partial charge in [0.2, 0.25) is 0 Å². The minimum atomic E-state index is 0. The zero-order valence-corrected chi connectivity index (χ0v) is 21.2. The van der Waals surface area contributed by atoms with Crippen LogP contribution in [0.3, 0.4) is 0 Å². The molecule has 2 heterocycles. The molecule has 1 N–H and O–H groups in total.